The molecule has 0 unspecified atom stereocenters. The Morgan fingerprint density at radius 1 is 1.07 bits per heavy atom. The van der Waals surface area contributed by atoms with Gasteiger partial charge in [-0.2, -0.15) is 0 Å². The van der Waals surface area contributed by atoms with Crippen LogP contribution in [0.15, 0.2) is 11.6 Å². The summed E-state index contributed by atoms with van der Waals surface area (Å²) in [5.41, 5.74) is -2.32. The Kier molecular flexibility index (Phi) is 9.78. The summed E-state index contributed by atoms with van der Waals surface area (Å²) in [5.74, 6) is -0.261. The van der Waals surface area contributed by atoms with Crippen LogP contribution in [0.1, 0.15) is 86.0 Å². The Hall–Kier alpha value is -0.660. The first kappa shape index (κ1) is 34.7. The van der Waals surface area contributed by atoms with Gasteiger partial charge in [0.1, 0.15) is 18.3 Å². The Labute approximate surface area is 262 Å². The minimum Gasteiger partial charge on any atom is -0.393 e. The van der Waals surface area contributed by atoms with E-state index < -0.39 is 53.4 Å². The highest BCUT2D eigenvalue weighted by Crippen LogP contribution is 2.69. The van der Waals surface area contributed by atoms with Gasteiger partial charge >= 0.3 is 0 Å². The quantitative estimate of drug-likeness (QED) is 0.188. The van der Waals surface area contributed by atoms with Crippen LogP contribution < -0.4 is 0 Å². The van der Waals surface area contributed by atoms with Crippen molar-refractivity contribution in [3.63, 3.8) is 0 Å². The van der Waals surface area contributed by atoms with Crippen molar-refractivity contribution in [1.82, 2.24) is 0 Å². The van der Waals surface area contributed by atoms with Crippen molar-refractivity contribution in [2.24, 2.45) is 40.4 Å². The van der Waals surface area contributed by atoms with Gasteiger partial charge in [0.15, 0.2) is 6.29 Å². The maximum atomic E-state index is 12.6. The van der Waals surface area contributed by atoms with Gasteiger partial charge in [-0.15, -0.1) is 0 Å². The summed E-state index contributed by atoms with van der Waals surface area (Å²) in [7, 11) is 1.44. The molecule has 7 N–H and O–H groups in total. The zero-order chi connectivity index (χ0) is 32.4. The molecule has 0 aromatic rings. The highest BCUT2D eigenvalue weighted by Gasteiger charge is 2.70. The van der Waals surface area contributed by atoms with Crippen molar-refractivity contribution < 1.29 is 50.0 Å². The number of aliphatic hydroxyl groups excluding tert-OH is 5. The van der Waals surface area contributed by atoms with Gasteiger partial charge in [-0.05, 0) is 85.0 Å². The summed E-state index contributed by atoms with van der Waals surface area (Å²) < 4.78 is 17.3. The zero-order valence-corrected chi connectivity index (χ0v) is 27.4. The van der Waals surface area contributed by atoms with Crippen LogP contribution in [0.25, 0.3) is 0 Å². The Morgan fingerprint density at radius 3 is 2.41 bits per heavy atom. The molecule has 254 valence electrons. The predicted molar refractivity (Wildman–Crippen MR) is 162 cm³/mol. The summed E-state index contributed by atoms with van der Waals surface area (Å²) in [6.07, 6.45) is 0.944. The molecule has 1 aliphatic heterocycles. The lowest BCUT2D eigenvalue weighted by molar-refractivity contribution is -0.285. The van der Waals surface area contributed by atoms with Gasteiger partial charge in [0.2, 0.25) is 0 Å². The maximum Gasteiger partial charge on any atom is 0.187 e. The molecule has 0 spiro atoms. The van der Waals surface area contributed by atoms with Crippen LogP contribution in [0.5, 0.6) is 0 Å². The van der Waals surface area contributed by atoms with Crippen molar-refractivity contribution in [1.29, 1.82) is 0 Å². The molecule has 0 aromatic carbocycles. The second-order valence-corrected chi connectivity index (χ2v) is 15.8. The van der Waals surface area contributed by atoms with Gasteiger partial charge in [-0.3, -0.25) is 0 Å². The molecule has 5 aliphatic rings. The summed E-state index contributed by atoms with van der Waals surface area (Å²) >= 11 is 0. The van der Waals surface area contributed by atoms with Crippen molar-refractivity contribution in [2.75, 3.05) is 20.3 Å². The Morgan fingerprint density at radius 2 is 1.77 bits per heavy atom. The number of ether oxygens (including phenoxy) is 3. The van der Waals surface area contributed by atoms with Crippen LogP contribution in [0.2, 0.25) is 0 Å². The van der Waals surface area contributed by atoms with Crippen LogP contribution in [0, 0.1) is 40.4 Å². The number of fused-ring (bicyclic) bond motifs is 5. The SMILES string of the molecule is CO[C@H]1[C@H](O[C@@H]2C=C3[C@H](O)C[C@@]4(O)[C@H]5[C@H](O)C[C@H]([C@H](C)CC[C@](O)(CO)C(C)C)[C@@]5(C)CC[C@@H]4[C@@]3(C)CC2)OC[C@@H](O)[C@@H]1O. The second kappa shape index (κ2) is 12.4. The van der Waals surface area contributed by atoms with Crippen molar-refractivity contribution >= 4 is 0 Å². The molecule has 4 aliphatic carbocycles. The summed E-state index contributed by atoms with van der Waals surface area (Å²) in [6.45, 7) is 10.00. The smallest absolute Gasteiger partial charge is 0.187 e. The molecule has 1 heterocycles. The van der Waals surface area contributed by atoms with Gasteiger partial charge in [-0.25, -0.2) is 0 Å². The first-order valence-corrected chi connectivity index (χ1v) is 16.9. The largest absolute Gasteiger partial charge is 0.393 e. The van der Waals surface area contributed by atoms with Crippen molar-refractivity contribution in [3.05, 3.63) is 11.6 Å². The van der Waals surface area contributed by atoms with Gasteiger partial charge < -0.3 is 50.0 Å². The predicted octanol–water partition coefficient (Wildman–Crippen LogP) is 1.90. The average Bonchev–Trinajstić information content (AvgIpc) is 3.25. The zero-order valence-electron chi connectivity index (χ0n) is 27.4. The van der Waals surface area contributed by atoms with E-state index in [1.165, 1.54) is 7.11 Å². The molecule has 10 heteroatoms. The van der Waals surface area contributed by atoms with Crippen LogP contribution in [-0.2, 0) is 14.2 Å². The minimum atomic E-state index is -1.24. The molecule has 4 fully saturated rings. The molecule has 1 saturated heterocycles. The standard InChI is InChI=1S/C34H58O10/c1-18(2)33(40,17-35)12-7-19(3)21-14-23(36)29-32(21,5)11-9-26-31(4)10-8-20(13-22(31)24(37)15-34(26,29)41)44-30-28(42-6)27(39)25(38)16-43-30/h13,18-21,23-30,35-41H,7-12,14-17H2,1-6H3/t19-,20+,21-,23-,24-,25-,26-,27+,28-,29+,30+,31+,32-,33+,34+/m1/s1. The van der Waals surface area contributed by atoms with E-state index in [1.54, 1.807) is 0 Å². The van der Waals surface area contributed by atoms with Gasteiger partial charge in [-0.1, -0.05) is 40.7 Å². The van der Waals surface area contributed by atoms with Crippen LogP contribution >= 0.6 is 0 Å². The maximum absolute atomic E-state index is 12.6. The fraction of sp³-hybridized carbons (Fsp3) is 0.941. The van der Waals surface area contributed by atoms with E-state index in [0.717, 1.165) is 24.8 Å². The topological polar surface area (TPSA) is 169 Å². The molecule has 3 saturated carbocycles. The molecule has 0 bridgehead atoms. The molecule has 10 nitrogen and oxygen atoms in total. The second-order valence-electron chi connectivity index (χ2n) is 15.8. The summed E-state index contributed by atoms with van der Waals surface area (Å²) in [6, 6.07) is 0. The minimum absolute atomic E-state index is 0.0629. The molecule has 5 rings (SSSR count). The van der Waals surface area contributed by atoms with Gasteiger partial charge in [0.25, 0.3) is 0 Å². The van der Waals surface area contributed by atoms with Crippen LogP contribution in [0.3, 0.4) is 0 Å². The summed E-state index contributed by atoms with van der Waals surface area (Å²) in [4.78, 5) is 0. The number of methoxy groups -OCH3 is 1. The molecule has 0 aromatic heterocycles. The van der Waals surface area contributed by atoms with Crippen molar-refractivity contribution in [2.45, 2.75) is 140 Å². The van der Waals surface area contributed by atoms with Gasteiger partial charge in [0, 0.05) is 19.4 Å². The first-order valence-electron chi connectivity index (χ1n) is 16.9. The highest BCUT2D eigenvalue weighted by molar-refractivity contribution is 5.33. The van der Waals surface area contributed by atoms with E-state index in [4.69, 9.17) is 14.2 Å². The van der Waals surface area contributed by atoms with Gasteiger partial charge in [0.05, 0.1) is 42.7 Å². The van der Waals surface area contributed by atoms with E-state index >= 15 is 0 Å². The third-order valence-electron chi connectivity index (χ3n) is 13.3. The monoisotopic (exact) mass is 626 g/mol. The van der Waals surface area contributed by atoms with Crippen LogP contribution in [0.4, 0.5) is 0 Å². The first-order chi connectivity index (χ1) is 20.6. The third-order valence-corrected chi connectivity index (χ3v) is 13.3. The molecular formula is C34H58O10. The molecule has 0 amide bonds. The van der Waals surface area contributed by atoms with E-state index in [1.807, 2.05) is 19.9 Å². The summed E-state index contributed by atoms with van der Waals surface area (Å²) in [5, 5.41) is 77.1. The third kappa shape index (κ3) is 5.53. The number of hydrogen-bond acceptors (Lipinski definition) is 10. The lowest BCUT2D eigenvalue weighted by Crippen LogP contribution is -2.66. The Balaban J connectivity index is 1.35. The Bertz CT molecular complexity index is 1050. The van der Waals surface area contributed by atoms with E-state index in [0.29, 0.717) is 25.7 Å². The molecule has 15 atom stereocenters. The van der Waals surface area contributed by atoms with E-state index in [9.17, 15) is 35.7 Å². The lowest BCUT2D eigenvalue weighted by atomic mass is 9.43. The number of hydrogen-bond donors (Lipinski definition) is 7. The molecule has 0 radical (unpaired) electrons. The van der Waals surface area contributed by atoms with E-state index in [-0.39, 0.29) is 60.7 Å². The lowest BCUT2D eigenvalue weighted by Gasteiger charge is -2.64. The fourth-order valence-corrected chi connectivity index (χ4v) is 10.5. The highest BCUT2D eigenvalue weighted by atomic mass is 16.7. The number of aliphatic hydroxyl groups is 7. The molecule has 44 heavy (non-hydrogen) atoms. The normalized spacial score (nSPS) is 49.5. The number of rotatable bonds is 9. The average molecular weight is 627 g/mol. The fourth-order valence-electron chi connectivity index (χ4n) is 10.5. The van der Waals surface area contributed by atoms with Crippen LogP contribution in [-0.4, -0.2) is 110 Å². The van der Waals surface area contributed by atoms with E-state index in [2.05, 4.69) is 20.8 Å². The van der Waals surface area contributed by atoms with Crippen molar-refractivity contribution in [3.8, 4) is 0 Å². The molecular weight excluding hydrogens is 568 g/mol.